The van der Waals surface area contributed by atoms with E-state index in [9.17, 15) is 4.79 Å². The molecule has 1 nitrogen and oxygen atoms in total. The predicted molar refractivity (Wildman–Crippen MR) is 71.1 cm³/mol. The lowest BCUT2D eigenvalue weighted by Gasteiger charge is -2.18. The molecule has 0 bridgehead atoms. The van der Waals surface area contributed by atoms with Gasteiger partial charge in [-0.05, 0) is 19.8 Å². The van der Waals surface area contributed by atoms with Gasteiger partial charge in [-0.2, -0.15) is 0 Å². The van der Waals surface area contributed by atoms with Crippen molar-refractivity contribution >= 4 is 13.9 Å². The normalized spacial score (nSPS) is 13.9. The Bertz CT molecular complexity index is 181. The van der Waals surface area contributed by atoms with Crippen LogP contribution in [-0.2, 0) is 4.79 Å². The van der Waals surface area contributed by atoms with Gasteiger partial charge in [-0.25, -0.2) is 0 Å². The van der Waals surface area contributed by atoms with Gasteiger partial charge in [0.15, 0.2) is 0 Å². The summed E-state index contributed by atoms with van der Waals surface area (Å²) in [4.78, 5) is 11.4. The third-order valence-corrected chi connectivity index (χ3v) is 4.81. The quantitative estimate of drug-likeness (QED) is 0.559. The van der Waals surface area contributed by atoms with E-state index in [1.165, 1.54) is 25.3 Å². The minimum atomic E-state index is -0.901. The van der Waals surface area contributed by atoms with Gasteiger partial charge >= 0.3 is 0 Å². The monoisotopic (exact) mass is 228 g/mol. The molecule has 0 heterocycles. The molecule has 2 heteroatoms. The van der Waals surface area contributed by atoms with Gasteiger partial charge in [0.1, 0.15) is 5.78 Å². The maximum atomic E-state index is 11.4. The molecule has 0 aliphatic heterocycles. The first kappa shape index (κ1) is 14.9. The van der Waals surface area contributed by atoms with Crippen molar-refractivity contribution in [2.45, 2.75) is 71.6 Å². The molecular weight excluding hydrogens is 200 g/mol. The molecular formula is C13H28OSi. The molecule has 0 saturated carbocycles. The van der Waals surface area contributed by atoms with E-state index in [-0.39, 0.29) is 0 Å². The first-order valence-electron chi connectivity index (χ1n) is 6.37. The zero-order valence-electron chi connectivity index (χ0n) is 11.2. The van der Waals surface area contributed by atoms with E-state index >= 15 is 0 Å². The summed E-state index contributed by atoms with van der Waals surface area (Å²) in [6.07, 6.45) is 5.90. The zero-order chi connectivity index (χ0) is 11.9. The molecule has 0 radical (unpaired) electrons. The fourth-order valence-electron chi connectivity index (χ4n) is 1.88. The highest BCUT2D eigenvalue weighted by Crippen LogP contribution is 2.20. The summed E-state index contributed by atoms with van der Waals surface area (Å²) in [5.41, 5.74) is 0. The van der Waals surface area contributed by atoms with Crippen molar-refractivity contribution in [3.8, 4) is 0 Å². The first-order chi connectivity index (χ1) is 6.87. The lowest BCUT2D eigenvalue weighted by molar-refractivity contribution is -0.121. The molecule has 0 fully saturated rings. The van der Waals surface area contributed by atoms with Crippen LogP contribution in [0.1, 0.15) is 46.0 Å². The second kappa shape index (κ2) is 7.21. The van der Waals surface area contributed by atoms with Crippen LogP contribution in [0.5, 0.6) is 0 Å². The number of rotatable bonds is 8. The summed E-state index contributed by atoms with van der Waals surface area (Å²) in [6.45, 7) is 11.2. The summed E-state index contributed by atoms with van der Waals surface area (Å²) in [6, 6.07) is 1.36. The Morgan fingerprint density at radius 1 is 1.13 bits per heavy atom. The summed E-state index contributed by atoms with van der Waals surface area (Å²) in [5, 5.41) is 0. The second-order valence-electron chi connectivity index (χ2n) is 5.90. The van der Waals surface area contributed by atoms with Crippen molar-refractivity contribution < 1.29 is 4.79 Å². The molecule has 0 N–H and O–H groups in total. The van der Waals surface area contributed by atoms with Gasteiger partial charge in [-0.15, -0.1) is 0 Å². The van der Waals surface area contributed by atoms with Crippen LogP contribution in [0, 0.1) is 5.92 Å². The van der Waals surface area contributed by atoms with Gasteiger partial charge < -0.3 is 0 Å². The second-order valence-corrected chi connectivity index (χ2v) is 11.5. The molecule has 0 aliphatic carbocycles. The molecule has 0 aromatic heterocycles. The van der Waals surface area contributed by atoms with Gasteiger partial charge in [0, 0.05) is 14.0 Å². The molecule has 0 aromatic rings. The molecule has 0 aromatic carbocycles. The molecule has 0 spiro atoms. The summed E-state index contributed by atoms with van der Waals surface area (Å²) < 4.78 is 0. The van der Waals surface area contributed by atoms with E-state index in [2.05, 4.69) is 26.6 Å². The van der Waals surface area contributed by atoms with Gasteiger partial charge in [0.2, 0.25) is 0 Å². The number of carbonyl (C=O) groups is 1. The van der Waals surface area contributed by atoms with Crippen LogP contribution in [0.3, 0.4) is 0 Å². The van der Waals surface area contributed by atoms with E-state index in [1.807, 2.05) is 0 Å². The summed E-state index contributed by atoms with van der Waals surface area (Å²) in [5.74, 6) is 0.750. The van der Waals surface area contributed by atoms with E-state index in [1.54, 1.807) is 6.92 Å². The molecule has 0 rings (SSSR count). The highest BCUT2D eigenvalue weighted by Gasteiger charge is 2.16. The Morgan fingerprint density at radius 2 is 1.67 bits per heavy atom. The largest absolute Gasteiger partial charge is 0.300 e. The Balaban J connectivity index is 3.81. The number of unbranched alkanes of at least 4 members (excludes halogenated alkanes) is 1. The van der Waals surface area contributed by atoms with Gasteiger partial charge in [0.25, 0.3) is 0 Å². The lowest BCUT2D eigenvalue weighted by atomic mass is 9.94. The van der Waals surface area contributed by atoms with E-state index < -0.39 is 8.07 Å². The molecule has 1 atom stereocenters. The van der Waals surface area contributed by atoms with Crippen molar-refractivity contribution in [1.29, 1.82) is 0 Å². The third-order valence-electron chi connectivity index (χ3n) is 2.96. The zero-order valence-corrected chi connectivity index (χ0v) is 12.2. The van der Waals surface area contributed by atoms with Crippen LogP contribution in [0.4, 0.5) is 0 Å². The SMILES string of the molecule is CCCCC(CCC[Si](C)(C)C)C(C)=O. The van der Waals surface area contributed by atoms with Crippen molar-refractivity contribution in [2.75, 3.05) is 0 Å². The van der Waals surface area contributed by atoms with Crippen LogP contribution in [0.25, 0.3) is 0 Å². The Hall–Kier alpha value is -0.113. The lowest BCUT2D eigenvalue weighted by Crippen LogP contribution is -2.20. The molecule has 15 heavy (non-hydrogen) atoms. The average molecular weight is 228 g/mol. The number of carbonyl (C=O) groups excluding carboxylic acids is 1. The van der Waals surface area contributed by atoms with Crippen molar-refractivity contribution in [2.24, 2.45) is 5.92 Å². The van der Waals surface area contributed by atoms with Crippen LogP contribution >= 0.6 is 0 Å². The average Bonchev–Trinajstić information content (AvgIpc) is 2.08. The molecule has 0 amide bonds. The standard InChI is InChI=1S/C13H28OSi/c1-6-7-9-13(12(2)14)10-8-11-15(3,4)5/h13H,6-11H2,1-5H3. The Kier molecular flexibility index (Phi) is 7.15. The fraction of sp³-hybridized carbons (Fsp3) is 0.923. The summed E-state index contributed by atoms with van der Waals surface area (Å²) >= 11 is 0. The summed E-state index contributed by atoms with van der Waals surface area (Å²) in [7, 11) is -0.901. The highest BCUT2D eigenvalue weighted by molar-refractivity contribution is 6.76. The first-order valence-corrected chi connectivity index (χ1v) is 10.1. The topological polar surface area (TPSA) is 17.1 Å². The number of Topliss-reactive ketones (excluding diaryl/α,β-unsaturated/α-hetero) is 1. The Labute approximate surface area is 96.7 Å². The molecule has 90 valence electrons. The van der Waals surface area contributed by atoms with Gasteiger partial charge in [-0.1, -0.05) is 51.9 Å². The maximum absolute atomic E-state index is 11.4. The van der Waals surface area contributed by atoms with E-state index in [0.29, 0.717) is 11.7 Å². The molecule has 0 saturated heterocycles. The van der Waals surface area contributed by atoms with Crippen LogP contribution in [-0.4, -0.2) is 13.9 Å². The van der Waals surface area contributed by atoms with Crippen LogP contribution < -0.4 is 0 Å². The van der Waals surface area contributed by atoms with Crippen molar-refractivity contribution in [1.82, 2.24) is 0 Å². The smallest absolute Gasteiger partial charge is 0.132 e. The fourth-order valence-corrected chi connectivity index (χ4v) is 3.14. The van der Waals surface area contributed by atoms with Crippen LogP contribution in [0.2, 0.25) is 25.7 Å². The van der Waals surface area contributed by atoms with Gasteiger partial charge in [0.05, 0.1) is 0 Å². The molecule has 1 unspecified atom stereocenters. The van der Waals surface area contributed by atoms with Crippen molar-refractivity contribution in [3.63, 3.8) is 0 Å². The number of hydrogen-bond donors (Lipinski definition) is 0. The van der Waals surface area contributed by atoms with Crippen LogP contribution in [0.15, 0.2) is 0 Å². The van der Waals surface area contributed by atoms with Gasteiger partial charge in [-0.3, -0.25) is 4.79 Å². The minimum absolute atomic E-state index is 0.348. The van der Waals surface area contributed by atoms with E-state index in [0.717, 1.165) is 12.8 Å². The maximum Gasteiger partial charge on any atom is 0.132 e. The third kappa shape index (κ3) is 8.85. The Morgan fingerprint density at radius 3 is 2.07 bits per heavy atom. The number of hydrogen-bond acceptors (Lipinski definition) is 1. The van der Waals surface area contributed by atoms with E-state index in [4.69, 9.17) is 0 Å². The minimum Gasteiger partial charge on any atom is -0.300 e. The highest BCUT2D eigenvalue weighted by atomic mass is 28.3. The van der Waals surface area contributed by atoms with Crippen molar-refractivity contribution in [3.05, 3.63) is 0 Å². The molecule has 0 aliphatic rings. The number of ketones is 1. The predicted octanol–water partition coefficient (Wildman–Crippen LogP) is 4.50.